The number of carbonyl (C=O) groups excluding carboxylic acids is 1. The fraction of sp³-hybridized carbons (Fsp3) is 0.636. The predicted octanol–water partition coefficient (Wildman–Crippen LogP) is 3.12. The fourth-order valence-corrected chi connectivity index (χ4v) is 4.80. The lowest BCUT2D eigenvalue weighted by molar-refractivity contribution is 0.0592. The third-order valence-electron chi connectivity index (χ3n) is 6.54. The van der Waals surface area contributed by atoms with Gasteiger partial charge in [0, 0.05) is 51.4 Å². The Morgan fingerprint density at radius 1 is 1.14 bits per heavy atom. The van der Waals surface area contributed by atoms with Crippen molar-refractivity contribution in [2.24, 2.45) is 7.05 Å². The highest BCUT2D eigenvalue weighted by molar-refractivity contribution is 5.98. The highest BCUT2D eigenvalue weighted by atomic mass is 16.2. The summed E-state index contributed by atoms with van der Waals surface area (Å²) in [5.41, 5.74) is 2.78. The molecule has 0 N–H and O–H groups in total. The van der Waals surface area contributed by atoms with Gasteiger partial charge in [-0.2, -0.15) is 0 Å². The molecule has 2 aliphatic rings. The van der Waals surface area contributed by atoms with Gasteiger partial charge in [0.1, 0.15) is 0 Å². The van der Waals surface area contributed by atoms with E-state index in [2.05, 4.69) is 46.2 Å². The van der Waals surface area contributed by atoms with E-state index in [0.29, 0.717) is 6.04 Å². The number of aryl methyl sites for hydroxylation is 1. The number of hydrogen-bond acceptors (Lipinski definition) is 4. The average Bonchev–Trinajstić information content (AvgIpc) is 3.37. The van der Waals surface area contributed by atoms with Gasteiger partial charge in [-0.05, 0) is 57.4 Å². The van der Waals surface area contributed by atoms with Crippen molar-refractivity contribution in [2.75, 3.05) is 44.2 Å². The molecule has 1 aromatic carbocycles. The molecule has 0 unspecified atom stereocenters. The number of anilines is 1. The van der Waals surface area contributed by atoms with Crippen molar-refractivity contribution < 1.29 is 4.79 Å². The average molecular weight is 384 g/mol. The summed E-state index contributed by atoms with van der Waals surface area (Å²) in [5.74, 6) is 1.17. The van der Waals surface area contributed by atoms with Crippen LogP contribution in [0.4, 0.5) is 5.95 Å². The highest BCUT2D eigenvalue weighted by Crippen LogP contribution is 2.26. The first-order valence-electron chi connectivity index (χ1n) is 10.9. The first-order valence-corrected chi connectivity index (χ1v) is 10.9. The van der Waals surface area contributed by atoms with Crippen molar-refractivity contribution in [3.05, 3.63) is 23.8 Å². The molecule has 1 amide bonds. The zero-order chi connectivity index (χ0) is 19.7. The minimum Gasteiger partial charge on any atom is -0.342 e. The number of hydrogen-bond donors (Lipinski definition) is 0. The molecule has 6 nitrogen and oxygen atoms in total. The van der Waals surface area contributed by atoms with Gasteiger partial charge in [-0.15, -0.1) is 0 Å². The largest absolute Gasteiger partial charge is 0.342 e. The summed E-state index contributed by atoms with van der Waals surface area (Å²) in [4.78, 5) is 25.0. The SMILES string of the molecule is CCN1CCC(N(CC)C(=O)c2ccc3c(c2)nc(N2CCCC2)n3C)CC1. The number of aromatic nitrogens is 2. The van der Waals surface area contributed by atoms with Gasteiger partial charge >= 0.3 is 0 Å². The lowest BCUT2D eigenvalue weighted by atomic mass is 10.0. The second-order valence-electron chi connectivity index (χ2n) is 8.13. The molecule has 152 valence electrons. The predicted molar refractivity (Wildman–Crippen MR) is 114 cm³/mol. The Labute approximate surface area is 168 Å². The van der Waals surface area contributed by atoms with Crippen molar-refractivity contribution in [1.29, 1.82) is 0 Å². The molecule has 2 saturated heterocycles. The van der Waals surface area contributed by atoms with Crippen LogP contribution in [0.25, 0.3) is 11.0 Å². The fourth-order valence-electron chi connectivity index (χ4n) is 4.80. The summed E-state index contributed by atoms with van der Waals surface area (Å²) in [5, 5.41) is 0. The number of fused-ring (bicyclic) bond motifs is 1. The minimum atomic E-state index is 0.146. The van der Waals surface area contributed by atoms with Crippen LogP contribution < -0.4 is 4.90 Å². The third kappa shape index (κ3) is 3.50. The molecule has 6 heteroatoms. The van der Waals surface area contributed by atoms with Crippen LogP contribution in [0.1, 0.15) is 49.9 Å². The minimum absolute atomic E-state index is 0.146. The monoisotopic (exact) mass is 383 g/mol. The van der Waals surface area contributed by atoms with Gasteiger partial charge in [0.15, 0.2) is 0 Å². The normalized spacial score (nSPS) is 18.9. The number of imidazole rings is 1. The van der Waals surface area contributed by atoms with Gasteiger partial charge in [-0.1, -0.05) is 6.92 Å². The summed E-state index contributed by atoms with van der Waals surface area (Å²) in [6, 6.07) is 6.37. The first-order chi connectivity index (χ1) is 13.6. The van der Waals surface area contributed by atoms with Crippen LogP contribution in [0.5, 0.6) is 0 Å². The van der Waals surface area contributed by atoms with E-state index >= 15 is 0 Å². The van der Waals surface area contributed by atoms with Gasteiger partial charge < -0.3 is 19.3 Å². The Hall–Kier alpha value is -2.08. The summed E-state index contributed by atoms with van der Waals surface area (Å²) in [6.45, 7) is 10.5. The molecule has 4 rings (SSSR count). The maximum absolute atomic E-state index is 13.3. The van der Waals surface area contributed by atoms with E-state index in [1.165, 1.54) is 12.8 Å². The van der Waals surface area contributed by atoms with Crippen molar-refractivity contribution in [3.63, 3.8) is 0 Å². The van der Waals surface area contributed by atoms with E-state index in [9.17, 15) is 4.79 Å². The lowest BCUT2D eigenvalue weighted by Crippen LogP contribution is -2.47. The molecule has 2 aliphatic heterocycles. The number of likely N-dealkylation sites (tertiary alicyclic amines) is 1. The molecule has 28 heavy (non-hydrogen) atoms. The second kappa shape index (κ2) is 8.11. The molecular formula is C22H33N5O. The molecule has 2 aromatic rings. The lowest BCUT2D eigenvalue weighted by Gasteiger charge is -2.37. The molecule has 0 bridgehead atoms. The molecular weight excluding hydrogens is 350 g/mol. The number of nitrogens with zero attached hydrogens (tertiary/aromatic N) is 5. The molecule has 0 aliphatic carbocycles. The van der Waals surface area contributed by atoms with Crippen molar-refractivity contribution >= 4 is 22.9 Å². The first kappa shape index (κ1) is 19.2. The van der Waals surface area contributed by atoms with Gasteiger partial charge in [0.25, 0.3) is 5.91 Å². The van der Waals surface area contributed by atoms with E-state index in [0.717, 1.165) is 74.7 Å². The number of piperidine rings is 1. The zero-order valence-electron chi connectivity index (χ0n) is 17.5. The number of amides is 1. The Bertz CT molecular complexity index is 831. The van der Waals surface area contributed by atoms with E-state index < -0.39 is 0 Å². The van der Waals surface area contributed by atoms with E-state index in [-0.39, 0.29) is 5.91 Å². The summed E-state index contributed by atoms with van der Waals surface area (Å²) in [6.07, 6.45) is 4.60. The smallest absolute Gasteiger partial charge is 0.254 e. The molecule has 2 fully saturated rings. The Kier molecular flexibility index (Phi) is 5.58. The molecule has 0 saturated carbocycles. The van der Waals surface area contributed by atoms with E-state index in [1.54, 1.807) is 0 Å². The standard InChI is InChI=1S/C22H33N5O/c1-4-25-14-10-18(11-15-25)27(5-2)21(28)17-8-9-20-19(16-17)23-22(24(20)3)26-12-6-7-13-26/h8-9,16,18H,4-7,10-15H2,1-3H3. The van der Waals surface area contributed by atoms with E-state index in [1.807, 2.05) is 12.1 Å². The number of carbonyl (C=O) groups is 1. The van der Waals surface area contributed by atoms with Crippen LogP contribution in [0.3, 0.4) is 0 Å². The summed E-state index contributed by atoms with van der Waals surface area (Å²) >= 11 is 0. The quantitative estimate of drug-likeness (QED) is 0.796. The highest BCUT2D eigenvalue weighted by Gasteiger charge is 2.27. The molecule has 3 heterocycles. The number of rotatable bonds is 5. The van der Waals surface area contributed by atoms with Gasteiger partial charge in [-0.3, -0.25) is 4.79 Å². The molecule has 0 spiro atoms. The van der Waals surface area contributed by atoms with Crippen LogP contribution in [0.15, 0.2) is 18.2 Å². The second-order valence-corrected chi connectivity index (χ2v) is 8.13. The molecule has 0 atom stereocenters. The van der Waals surface area contributed by atoms with E-state index in [4.69, 9.17) is 4.98 Å². The van der Waals surface area contributed by atoms with Crippen molar-refractivity contribution in [3.8, 4) is 0 Å². The van der Waals surface area contributed by atoms with Gasteiger partial charge in [-0.25, -0.2) is 4.98 Å². The molecule has 1 aromatic heterocycles. The van der Waals surface area contributed by atoms with Gasteiger partial charge in [0.05, 0.1) is 11.0 Å². The summed E-state index contributed by atoms with van der Waals surface area (Å²) in [7, 11) is 2.07. The van der Waals surface area contributed by atoms with Crippen LogP contribution >= 0.6 is 0 Å². The Morgan fingerprint density at radius 3 is 2.50 bits per heavy atom. The van der Waals surface area contributed by atoms with Crippen molar-refractivity contribution in [1.82, 2.24) is 19.4 Å². The van der Waals surface area contributed by atoms with Crippen LogP contribution in [0, 0.1) is 0 Å². The molecule has 0 radical (unpaired) electrons. The maximum atomic E-state index is 13.3. The van der Waals surface area contributed by atoms with Crippen LogP contribution in [0.2, 0.25) is 0 Å². The van der Waals surface area contributed by atoms with Crippen molar-refractivity contribution in [2.45, 2.75) is 45.6 Å². The maximum Gasteiger partial charge on any atom is 0.254 e. The zero-order valence-corrected chi connectivity index (χ0v) is 17.5. The Morgan fingerprint density at radius 2 is 1.86 bits per heavy atom. The third-order valence-corrected chi connectivity index (χ3v) is 6.54. The number of benzene rings is 1. The Balaban J connectivity index is 1.56. The van der Waals surface area contributed by atoms with Crippen LogP contribution in [-0.2, 0) is 7.05 Å². The topological polar surface area (TPSA) is 44.6 Å². The van der Waals surface area contributed by atoms with Gasteiger partial charge in [0.2, 0.25) is 5.95 Å². The van der Waals surface area contributed by atoms with Crippen LogP contribution in [-0.4, -0.2) is 70.6 Å². The summed E-state index contributed by atoms with van der Waals surface area (Å²) < 4.78 is 2.16.